The Morgan fingerprint density at radius 2 is 2.08 bits per heavy atom. The number of nitrogens with one attached hydrogen (secondary N) is 1. The van der Waals surface area contributed by atoms with Crippen LogP contribution in [0.1, 0.15) is 25.3 Å². The molecule has 0 spiro atoms. The molecule has 0 saturated carbocycles. The van der Waals surface area contributed by atoms with Crippen molar-refractivity contribution >= 4 is 10.9 Å². The van der Waals surface area contributed by atoms with Gasteiger partial charge < -0.3 is 14.5 Å². The van der Waals surface area contributed by atoms with Crippen molar-refractivity contribution in [2.24, 2.45) is 5.92 Å². The number of hydrogen-bond acceptors (Lipinski definition) is 4. The largest absolute Gasteiger partial charge is 0.497 e. The van der Waals surface area contributed by atoms with E-state index >= 15 is 0 Å². The van der Waals surface area contributed by atoms with E-state index in [0.29, 0.717) is 12.5 Å². The lowest BCUT2D eigenvalue weighted by molar-refractivity contribution is 0.0521. The highest BCUT2D eigenvalue weighted by atomic mass is 16.5. The van der Waals surface area contributed by atoms with Gasteiger partial charge in [-0.25, -0.2) is 0 Å². The number of rotatable bonds is 6. The second-order valence-electron chi connectivity index (χ2n) is 6.46. The Bertz CT molecular complexity index is 735. The van der Waals surface area contributed by atoms with E-state index < -0.39 is 0 Å². The highest BCUT2D eigenvalue weighted by molar-refractivity contribution is 5.80. The van der Waals surface area contributed by atoms with Crippen molar-refractivity contribution in [1.82, 2.24) is 9.88 Å². The Hall–Kier alpha value is -1.85. The molecule has 24 heavy (non-hydrogen) atoms. The zero-order chi connectivity index (χ0) is 16.9. The Labute approximate surface area is 142 Å². The van der Waals surface area contributed by atoms with Crippen molar-refractivity contribution in [2.75, 3.05) is 33.4 Å². The number of fused-ring (bicyclic) bond motifs is 1. The zero-order valence-electron chi connectivity index (χ0n) is 14.5. The van der Waals surface area contributed by atoms with Gasteiger partial charge in [0.15, 0.2) is 0 Å². The predicted molar refractivity (Wildman–Crippen MR) is 95.6 cm³/mol. The summed E-state index contributed by atoms with van der Waals surface area (Å²) in [4.78, 5) is 17.8. The fraction of sp³-hybridized carbons (Fsp3) is 0.526. The summed E-state index contributed by atoms with van der Waals surface area (Å²) in [7, 11) is 1.63. The number of hydrogen-bond donors (Lipinski definition) is 1. The van der Waals surface area contributed by atoms with Gasteiger partial charge in [0.2, 0.25) is 0 Å². The normalized spacial score (nSPS) is 16.0. The number of H-pyrrole nitrogens is 1. The Morgan fingerprint density at radius 3 is 2.79 bits per heavy atom. The van der Waals surface area contributed by atoms with Crippen LogP contribution in [0.3, 0.4) is 0 Å². The van der Waals surface area contributed by atoms with Gasteiger partial charge in [-0.2, -0.15) is 0 Å². The topological polar surface area (TPSA) is 54.6 Å². The second kappa shape index (κ2) is 7.81. The van der Waals surface area contributed by atoms with E-state index in [-0.39, 0.29) is 5.56 Å². The molecule has 130 valence electrons. The average molecular weight is 330 g/mol. The predicted octanol–water partition coefficient (Wildman–Crippen LogP) is 2.79. The average Bonchev–Trinajstić information content (AvgIpc) is 2.62. The van der Waals surface area contributed by atoms with Crippen LogP contribution in [-0.2, 0) is 11.3 Å². The number of aromatic amines is 1. The lowest BCUT2D eigenvalue weighted by Gasteiger charge is -2.28. The summed E-state index contributed by atoms with van der Waals surface area (Å²) in [5.41, 5.74) is 1.62. The molecule has 3 rings (SSSR count). The van der Waals surface area contributed by atoms with Gasteiger partial charge in [0.05, 0.1) is 12.6 Å². The molecule has 1 aromatic carbocycles. The van der Waals surface area contributed by atoms with Crippen LogP contribution >= 0.6 is 0 Å². The van der Waals surface area contributed by atoms with E-state index in [4.69, 9.17) is 9.47 Å². The molecule has 5 nitrogen and oxygen atoms in total. The number of pyridine rings is 1. The molecular weight excluding hydrogens is 304 g/mol. The van der Waals surface area contributed by atoms with Crippen LogP contribution in [0, 0.1) is 5.92 Å². The van der Waals surface area contributed by atoms with Gasteiger partial charge in [-0.15, -0.1) is 0 Å². The summed E-state index contributed by atoms with van der Waals surface area (Å²) in [5.74, 6) is 1.42. The molecule has 1 aliphatic rings. The highest BCUT2D eigenvalue weighted by Gasteiger charge is 2.18. The molecule has 5 heteroatoms. The maximum atomic E-state index is 12.4. The molecule has 0 unspecified atom stereocenters. The van der Waals surface area contributed by atoms with Crippen molar-refractivity contribution < 1.29 is 9.47 Å². The first-order chi connectivity index (χ1) is 11.7. The first-order valence-corrected chi connectivity index (χ1v) is 8.69. The molecular formula is C19H26N2O3. The van der Waals surface area contributed by atoms with Crippen LogP contribution in [-0.4, -0.2) is 43.3 Å². The maximum absolute atomic E-state index is 12.4. The standard InChI is InChI=1S/C19H26N2O3/c1-3-21(12-14-6-8-24-9-7-14)13-16-10-15-4-5-17(23-2)11-18(15)20-19(16)22/h4-5,10-11,14H,3,6-9,12-13H2,1-2H3,(H,20,22). The Kier molecular flexibility index (Phi) is 5.53. The highest BCUT2D eigenvalue weighted by Crippen LogP contribution is 2.20. The molecule has 0 bridgehead atoms. The number of methoxy groups -OCH3 is 1. The fourth-order valence-corrected chi connectivity index (χ4v) is 3.31. The monoisotopic (exact) mass is 330 g/mol. The minimum atomic E-state index is -0.0128. The Morgan fingerprint density at radius 1 is 1.29 bits per heavy atom. The van der Waals surface area contributed by atoms with Gasteiger partial charge in [-0.1, -0.05) is 6.92 Å². The third kappa shape index (κ3) is 3.97. The summed E-state index contributed by atoms with van der Waals surface area (Å²) in [6, 6.07) is 7.77. The van der Waals surface area contributed by atoms with Crippen LogP contribution in [0.15, 0.2) is 29.1 Å². The summed E-state index contributed by atoms with van der Waals surface area (Å²) < 4.78 is 10.7. The molecule has 0 aliphatic carbocycles. The molecule has 2 aromatic rings. The second-order valence-corrected chi connectivity index (χ2v) is 6.46. The molecule has 1 N–H and O–H groups in total. The summed E-state index contributed by atoms with van der Waals surface area (Å²) in [6.07, 6.45) is 2.23. The maximum Gasteiger partial charge on any atom is 0.252 e. The van der Waals surface area contributed by atoms with E-state index in [9.17, 15) is 4.79 Å². The van der Waals surface area contributed by atoms with Gasteiger partial charge in [0.25, 0.3) is 5.56 Å². The Balaban J connectivity index is 1.77. The van der Waals surface area contributed by atoms with E-state index in [0.717, 1.165) is 61.4 Å². The number of nitrogens with zero attached hydrogens (tertiary/aromatic N) is 1. The van der Waals surface area contributed by atoms with Crippen molar-refractivity contribution in [3.8, 4) is 5.75 Å². The first kappa shape index (κ1) is 17.0. The van der Waals surface area contributed by atoms with Gasteiger partial charge in [0, 0.05) is 37.9 Å². The first-order valence-electron chi connectivity index (χ1n) is 8.69. The fourth-order valence-electron chi connectivity index (χ4n) is 3.31. The molecule has 1 fully saturated rings. The minimum Gasteiger partial charge on any atom is -0.497 e. The molecule has 0 atom stereocenters. The smallest absolute Gasteiger partial charge is 0.252 e. The van der Waals surface area contributed by atoms with E-state index in [2.05, 4.69) is 16.8 Å². The number of benzene rings is 1. The van der Waals surface area contributed by atoms with E-state index in [1.54, 1.807) is 7.11 Å². The van der Waals surface area contributed by atoms with Crippen LogP contribution in [0.25, 0.3) is 10.9 Å². The molecule has 1 aromatic heterocycles. The van der Waals surface area contributed by atoms with Crippen molar-refractivity contribution in [2.45, 2.75) is 26.3 Å². The SMILES string of the molecule is CCN(Cc1cc2ccc(OC)cc2[nH]c1=O)CC1CCOCC1. The van der Waals surface area contributed by atoms with Gasteiger partial charge in [-0.3, -0.25) is 9.69 Å². The molecule has 0 radical (unpaired) electrons. The van der Waals surface area contributed by atoms with E-state index in [1.807, 2.05) is 24.3 Å². The molecule has 1 saturated heterocycles. The summed E-state index contributed by atoms with van der Waals surface area (Å²) in [5, 5.41) is 1.03. The van der Waals surface area contributed by atoms with Crippen LogP contribution in [0.5, 0.6) is 5.75 Å². The van der Waals surface area contributed by atoms with E-state index in [1.165, 1.54) is 0 Å². The molecule has 2 heterocycles. The zero-order valence-corrected chi connectivity index (χ0v) is 14.5. The summed E-state index contributed by atoms with van der Waals surface area (Å²) >= 11 is 0. The lowest BCUT2D eigenvalue weighted by atomic mass is 9.99. The molecule has 1 aliphatic heterocycles. The van der Waals surface area contributed by atoms with Gasteiger partial charge in [-0.05, 0) is 48.9 Å². The van der Waals surface area contributed by atoms with Gasteiger partial charge in [0.1, 0.15) is 5.75 Å². The summed E-state index contributed by atoms with van der Waals surface area (Å²) in [6.45, 7) is 6.53. The lowest BCUT2D eigenvalue weighted by Crippen LogP contribution is -2.33. The van der Waals surface area contributed by atoms with Crippen LogP contribution < -0.4 is 10.3 Å². The number of aromatic nitrogens is 1. The van der Waals surface area contributed by atoms with Crippen LogP contribution in [0.4, 0.5) is 0 Å². The van der Waals surface area contributed by atoms with Gasteiger partial charge >= 0.3 is 0 Å². The minimum absolute atomic E-state index is 0.0128. The van der Waals surface area contributed by atoms with Crippen molar-refractivity contribution in [1.29, 1.82) is 0 Å². The van der Waals surface area contributed by atoms with Crippen LogP contribution in [0.2, 0.25) is 0 Å². The molecule has 0 amide bonds. The third-order valence-electron chi connectivity index (χ3n) is 4.83. The quantitative estimate of drug-likeness (QED) is 0.885. The van der Waals surface area contributed by atoms with Crippen molar-refractivity contribution in [3.05, 3.63) is 40.2 Å². The third-order valence-corrected chi connectivity index (χ3v) is 4.83. The van der Waals surface area contributed by atoms with Crippen molar-refractivity contribution in [3.63, 3.8) is 0 Å². The number of ether oxygens (including phenoxy) is 2.